The molecule has 0 saturated carbocycles. The fourth-order valence-electron chi connectivity index (χ4n) is 2.32. The molecule has 20 heavy (non-hydrogen) atoms. The molecule has 1 N–H and O–H groups in total. The minimum Gasteiger partial charge on any atom is -0.313 e. The Bertz CT molecular complexity index is 575. The van der Waals surface area contributed by atoms with Crippen LogP contribution < -0.4 is 5.32 Å². The maximum Gasteiger partial charge on any atom is 0.0673 e. The SMILES string of the molecule is CCCNCc1c(C)nn(Cc2ccccc2Br)c1C. The van der Waals surface area contributed by atoms with Crippen molar-refractivity contribution in [2.24, 2.45) is 0 Å². The maximum atomic E-state index is 4.68. The van der Waals surface area contributed by atoms with Gasteiger partial charge in [0, 0.05) is 22.3 Å². The van der Waals surface area contributed by atoms with E-state index in [-0.39, 0.29) is 0 Å². The van der Waals surface area contributed by atoms with Gasteiger partial charge in [0.05, 0.1) is 12.2 Å². The molecule has 0 aliphatic heterocycles. The largest absolute Gasteiger partial charge is 0.313 e. The van der Waals surface area contributed by atoms with Gasteiger partial charge in [0.25, 0.3) is 0 Å². The zero-order valence-corrected chi connectivity index (χ0v) is 14.0. The van der Waals surface area contributed by atoms with Crippen LogP contribution in [0.25, 0.3) is 0 Å². The van der Waals surface area contributed by atoms with Crippen LogP contribution in [0.1, 0.15) is 35.9 Å². The Morgan fingerprint density at radius 2 is 2.00 bits per heavy atom. The average Bonchev–Trinajstić information content (AvgIpc) is 2.69. The Labute approximate surface area is 129 Å². The molecule has 2 aromatic rings. The first-order chi connectivity index (χ1) is 9.63. The number of aromatic nitrogens is 2. The van der Waals surface area contributed by atoms with Gasteiger partial charge in [-0.1, -0.05) is 41.1 Å². The second-order valence-corrected chi connectivity index (χ2v) is 5.93. The van der Waals surface area contributed by atoms with Crippen molar-refractivity contribution in [2.75, 3.05) is 6.54 Å². The average molecular weight is 336 g/mol. The van der Waals surface area contributed by atoms with Crippen molar-refractivity contribution >= 4 is 15.9 Å². The van der Waals surface area contributed by atoms with Gasteiger partial charge >= 0.3 is 0 Å². The lowest BCUT2D eigenvalue weighted by atomic mass is 10.2. The van der Waals surface area contributed by atoms with E-state index in [0.29, 0.717) is 0 Å². The van der Waals surface area contributed by atoms with Crippen LogP contribution >= 0.6 is 15.9 Å². The van der Waals surface area contributed by atoms with Crippen LogP contribution in [0.2, 0.25) is 0 Å². The number of hydrogen-bond donors (Lipinski definition) is 1. The van der Waals surface area contributed by atoms with Gasteiger partial charge in [0.15, 0.2) is 0 Å². The first kappa shape index (κ1) is 15.3. The molecule has 2 rings (SSSR count). The second-order valence-electron chi connectivity index (χ2n) is 5.08. The molecule has 0 unspecified atom stereocenters. The molecule has 1 heterocycles. The molecule has 0 spiro atoms. The molecular formula is C16H22BrN3. The fraction of sp³-hybridized carbons (Fsp3) is 0.438. The van der Waals surface area contributed by atoms with Crippen LogP contribution in [0, 0.1) is 13.8 Å². The van der Waals surface area contributed by atoms with Crippen molar-refractivity contribution in [1.82, 2.24) is 15.1 Å². The lowest BCUT2D eigenvalue weighted by molar-refractivity contribution is 0.649. The van der Waals surface area contributed by atoms with Crippen molar-refractivity contribution in [2.45, 2.75) is 40.3 Å². The first-order valence-electron chi connectivity index (χ1n) is 7.10. The molecule has 108 valence electrons. The summed E-state index contributed by atoms with van der Waals surface area (Å²) in [6, 6.07) is 8.31. The molecule has 0 fully saturated rings. The van der Waals surface area contributed by atoms with Crippen molar-refractivity contribution in [3.05, 3.63) is 51.3 Å². The third-order valence-corrected chi connectivity index (χ3v) is 4.31. The highest BCUT2D eigenvalue weighted by molar-refractivity contribution is 9.10. The quantitative estimate of drug-likeness (QED) is 0.813. The van der Waals surface area contributed by atoms with Gasteiger partial charge in [-0.15, -0.1) is 0 Å². The summed E-state index contributed by atoms with van der Waals surface area (Å²) in [6.07, 6.45) is 1.16. The van der Waals surface area contributed by atoms with Crippen LogP contribution in [-0.4, -0.2) is 16.3 Å². The lowest BCUT2D eigenvalue weighted by Crippen LogP contribution is -2.15. The van der Waals surface area contributed by atoms with E-state index in [2.05, 4.69) is 70.0 Å². The normalized spacial score (nSPS) is 11.0. The Morgan fingerprint density at radius 3 is 2.70 bits per heavy atom. The molecule has 0 aliphatic rings. The zero-order valence-electron chi connectivity index (χ0n) is 12.4. The van der Waals surface area contributed by atoms with Gasteiger partial charge in [-0.2, -0.15) is 5.10 Å². The zero-order chi connectivity index (χ0) is 14.5. The summed E-state index contributed by atoms with van der Waals surface area (Å²) >= 11 is 3.60. The number of hydrogen-bond acceptors (Lipinski definition) is 2. The molecule has 0 atom stereocenters. The van der Waals surface area contributed by atoms with Crippen LogP contribution in [0.5, 0.6) is 0 Å². The third kappa shape index (κ3) is 3.49. The smallest absolute Gasteiger partial charge is 0.0673 e. The number of aryl methyl sites for hydroxylation is 1. The highest BCUT2D eigenvalue weighted by atomic mass is 79.9. The molecule has 0 amide bonds. The Morgan fingerprint density at radius 1 is 1.25 bits per heavy atom. The molecule has 0 radical (unpaired) electrons. The summed E-state index contributed by atoms with van der Waals surface area (Å²) < 4.78 is 3.23. The summed E-state index contributed by atoms with van der Waals surface area (Å²) in [4.78, 5) is 0. The van der Waals surface area contributed by atoms with Gasteiger partial charge in [-0.25, -0.2) is 0 Å². The topological polar surface area (TPSA) is 29.9 Å². The number of rotatable bonds is 6. The number of nitrogens with one attached hydrogen (secondary N) is 1. The molecule has 4 heteroatoms. The van der Waals surface area contributed by atoms with E-state index in [1.54, 1.807) is 0 Å². The summed E-state index contributed by atoms with van der Waals surface area (Å²) in [5.41, 5.74) is 4.96. The molecule has 1 aromatic heterocycles. The molecule has 0 bridgehead atoms. The van der Waals surface area contributed by atoms with E-state index in [0.717, 1.165) is 36.2 Å². The van der Waals surface area contributed by atoms with E-state index in [1.807, 2.05) is 6.07 Å². The maximum absolute atomic E-state index is 4.68. The Hall–Kier alpha value is -1.13. The summed E-state index contributed by atoms with van der Waals surface area (Å²) in [6.45, 7) is 9.19. The Kier molecular flexibility index (Phi) is 5.38. The first-order valence-corrected chi connectivity index (χ1v) is 7.89. The van der Waals surface area contributed by atoms with Gasteiger partial charge < -0.3 is 5.32 Å². The number of nitrogens with zero attached hydrogens (tertiary/aromatic N) is 2. The highest BCUT2D eigenvalue weighted by Gasteiger charge is 2.12. The van der Waals surface area contributed by atoms with E-state index in [9.17, 15) is 0 Å². The van der Waals surface area contributed by atoms with Crippen LogP contribution in [0.3, 0.4) is 0 Å². The van der Waals surface area contributed by atoms with E-state index in [4.69, 9.17) is 0 Å². The van der Waals surface area contributed by atoms with Crippen LogP contribution in [0.15, 0.2) is 28.7 Å². The van der Waals surface area contributed by atoms with Gasteiger partial charge in [-0.3, -0.25) is 4.68 Å². The second kappa shape index (κ2) is 7.04. The van der Waals surface area contributed by atoms with Crippen molar-refractivity contribution in [1.29, 1.82) is 0 Å². The van der Waals surface area contributed by atoms with E-state index >= 15 is 0 Å². The lowest BCUT2D eigenvalue weighted by Gasteiger charge is -2.08. The predicted octanol–water partition coefficient (Wildman–Crippen LogP) is 3.81. The molecule has 3 nitrogen and oxygen atoms in total. The number of benzene rings is 1. The van der Waals surface area contributed by atoms with Gasteiger partial charge in [-0.05, 0) is 38.4 Å². The molecule has 0 aliphatic carbocycles. The standard InChI is InChI=1S/C16H22BrN3/c1-4-9-18-10-15-12(2)19-20(13(15)3)11-14-7-5-6-8-16(14)17/h5-8,18H,4,9-11H2,1-3H3. The summed E-state index contributed by atoms with van der Waals surface area (Å²) in [5.74, 6) is 0. The van der Waals surface area contributed by atoms with Gasteiger partial charge in [0.1, 0.15) is 0 Å². The highest BCUT2D eigenvalue weighted by Crippen LogP contribution is 2.19. The van der Waals surface area contributed by atoms with Crippen LogP contribution in [-0.2, 0) is 13.1 Å². The van der Waals surface area contributed by atoms with Crippen molar-refractivity contribution in [3.63, 3.8) is 0 Å². The summed E-state index contributed by atoms with van der Waals surface area (Å²) in [7, 11) is 0. The van der Waals surface area contributed by atoms with Gasteiger partial charge in [0.2, 0.25) is 0 Å². The monoisotopic (exact) mass is 335 g/mol. The molecule has 0 saturated heterocycles. The van der Waals surface area contributed by atoms with Crippen molar-refractivity contribution in [3.8, 4) is 0 Å². The number of halogens is 1. The van der Waals surface area contributed by atoms with Crippen LogP contribution in [0.4, 0.5) is 0 Å². The third-order valence-electron chi connectivity index (χ3n) is 3.54. The minimum atomic E-state index is 0.807. The summed E-state index contributed by atoms with van der Waals surface area (Å²) in [5, 5.41) is 8.14. The Balaban J connectivity index is 2.17. The molecular weight excluding hydrogens is 314 g/mol. The van der Waals surface area contributed by atoms with E-state index < -0.39 is 0 Å². The van der Waals surface area contributed by atoms with E-state index in [1.165, 1.54) is 16.8 Å². The molecule has 1 aromatic carbocycles. The van der Waals surface area contributed by atoms with Crippen molar-refractivity contribution < 1.29 is 0 Å². The minimum absolute atomic E-state index is 0.807. The predicted molar refractivity (Wildman–Crippen MR) is 86.9 cm³/mol. The fourth-order valence-corrected chi connectivity index (χ4v) is 2.73.